The monoisotopic (exact) mass is 370 g/mol. The number of amides is 2. The molecule has 0 unspecified atom stereocenters. The molecule has 136 valence electrons. The van der Waals surface area contributed by atoms with Crippen LogP contribution in [0.2, 0.25) is 0 Å². The molecule has 0 spiro atoms. The average molecular weight is 370 g/mol. The lowest BCUT2D eigenvalue weighted by Crippen LogP contribution is -2.23. The Balaban J connectivity index is 1.44. The minimum atomic E-state index is -0.0176. The minimum Gasteiger partial charge on any atom is -0.497 e. The number of benzene rings is 2. The molecule has 0 aliphatic carbocycles. The fourth-order valence-electron chi connectivity index (χ4n) is 2.80. The molecule has 1 fully saturated rings. The maximum Gasteiger partial charge on any atom is 0.227 e. The zero-order valence-corrected chi connectivity index (χ0v) is 15.6. The Morgan fingerprint density at radius 3 is 2.50 bits per heavy atom. The second-order valence-corrected chi connectivity index (χ2v) is 7.19. The van der Waals surface area contributed by atoms with Crippen molar-refractivity contribution in [1.82, 2.24) is 0 Å². The third-order valence-electron chi connectivity index (χ3n) is 4.19. The predicted molar refractivity (Wildman–Crippen MR) is 105 cm³/mol. The largest absolute Gasteiger partial charge is 0.497 e. The highest BCUT2D eigenvalue weighted by Crippen LogP contribution is 2.24. The molecule has 2 aromatic carbocycles. The first-order chi connectivity index (χ1) is 12.7. The number of anilines is 2. The zero-order chi connectivity index (χ0) is 18.4. The molecule has 1 heterocycles. The molecule has 1 N–H and O–H groups in total. The number of ether oxygens (including phenoxy) is 1. The van der Waals surface area contributed by atoms with Gasteiger partial charge < -0.3 is 15.0 Å². The highest BCUT2D eigenvalue weighted by molar-refractivity contribution is 7.99. The number of thioether (sulfide) groups is 1. The van der Waals surface area contributed by atoms with Crippen LogP contribution >= 0.6 is 11.8 Å². The summed E-state index contributed by atoms with van der Waals surface area (Å²) in [6.07, 6.45) is 1.95. The number of rotatable bonds is 7. The SMILES string of the molecule is COc1ccc(SCCC(=O)Nc2ccc(N3CCCC3=O)cc2)cc1. The van der Waals surface area contributed by atoms with Crippen LogP contribution in [0.3, 0.4) is 0 Å². The summed E-state index contributed by atoms with van der Waals surface area (Å²) in [5.74, 6) is 1.68. The number of hydrogen-bond acceptors (Lipinski definition) is 4. The summed E-state index contributed by atoms with van der Waals surface area (Å²) in [6, 6.07) is 15.2. The summed E-state index contributed by atoms with van der Waals surface area (Å²) in [5.41, 5.74) is 1.64. The maximum absolute atomic E-state index is 12.1. The van der Waals surface area contributed by atoms with Gasteiger partial charge in [0, 0.05) is 41.4 Å². The number of nitrogens with zero attached hydrogens (tertiary/aromatic N) is 1. The number of carbonyl (C=O) groups excluding carboxylic acids is 2. The summed E-state index contributed by atoms with van der Waals surface area (Å²) in [6.45, 7) is 0.771. The van der Waals surface area contributed by atoms with E-state index in [0.29, 0.717) is 18.6 Å². The van der Waals surface area contributed by atoms with Gasteiger partial charge >= 0.3 is 0 Å². The molecule has 0 atom stereocenters. The van der Waals surface area contributed by atoms with Crippen LogP contribution in [0.5, 0.6) is 5.75 Å². The van der Waals surface area contributed by atoms with E-state index in [-0.39, 0.29) is 11.8 Å². The smallest absolute Gasteiger partial charge is 0.227 e. The molecule has 3 rings (SSSR count). The van der Waals surface area contributed by atoms with Gasteiger partial charge in [-0.05, 0) is 55.0 Å². The topological polar surface area (TPSA) is 58.6 Å². The van der Waals surface area contributed by atoms with E-state index in [1.54, 1.807) is 23.8 Å². The quantitative estimate of drug-likeness (QED) is 0.750. The number of methoxy groups -OCH3 is 1. The molecule has 5 nitrogen and oxygen atoms in total. The van der Waals surface area contributed by atoms with Gasteiger partial charge in [0.15, 0.2) is 0 Å². The summed E-state index contributed by atoms with van der Waals surface area (Å²) >= 11 is 1.64. The molecule has 2 amide bonds. The van der Waals surface area contributed by atoms with Gasteiger partial charge in [-0.1, -0.05) is 0 Å². The molecule has 1 saturated heterocycles. The van der Waals surface area contributed by atoms with E-state index in [4.69, 9.17) is 4.74 Å². The molecule has 0 bridgehead atoms. The van der Waals surface area contributed by atoms with Crippen molar-refractivity contribution in [3.8, 4) is 5.75 Å². The van der Waals surface area contributed by atoms with Crippen LogP contribution in [-0.4, -0.2) is 31.2 Å². The molecule has 2 aromatic rings. The molecule has 6 heteroatoms. The van der Waals surface area contributed by atoms with Crippen molar-refractivity contribution in [3.63, 3.8) is 0 Å². The first-order valence-electron chi connectivity index (χ1n) is 8.63. The summed E-state index contributed by atoms with van der Waals surface area (Å²) in [7, 11) is 1.64. The fourth-order valence-corrected chi connectivity index (χ4v) is 3.65. The normalized spacial score (nSPS) is 13.7. The van der Waals surface area contributed by atoms with E-state index in [1.807, 2.05) is 48.5 Å². The van der Waals surface area contributed by atoms with Crippen molar-refractivity contribution in [3.05, 3.63) is 48.5 Å². The van der Waals surface area contributed by atoms with E-state index in [2.05, 4.69) is 5.32 Å². The highest BCUT2D eigenvalue weighted by atomic mass is 32.2. The van der Waals surface area contributed by atoms with Crippen LogP contribution in [-0.2, 0) is 9.59 Å². The van der Waals surface area contributed by atoms with Crippen LogP contribution in [0.25, 0.3) is 0 Å². The molecule has 1 aliphatic rings. The standard InChI is InChI=1S/C20H22N2O3S/c1-25-17-8-10-18(11-9-17)26-14-12-19(23)21-15-4-6-16(7-5-15)22-13-2-3-20(22)24/h4-11H,2-3,12-14H2,1H3,(H,21,23). The number of carbonyl (C=O) groups is 2. The Labute approximate surface area is 157 Å². The molecule has 0 radical (unpaired) electrons. The van der Waals surface area contributed by atoms with Crippen LogP contribution in [0, 0.1) is 0 Å². The Kier molecular flexibility index (Phi) is 6.17. The molecule has 0 saturated carbocycles. The molecule has 26 heavy (non-hydrogen) atoms. The van der Waals surface area contributed by atoms with Crippen molar-refractivity contribution in [2.45, 2.75) is 24.2 Å². The van der Waals surface area contributed by atoms with Crippen LogP contribution in [0.15, 0.2) is 53.4 Å². The summed E-state index contributed by atoms with van der Waals surface area (Å²) in [4.78, 5) is 26.7. The molecular weight excluding hydrogens is 348 g/mol. The van der Waals surface area contributed by atoms with Gasteiger partial charge in [-0.25, -0.2) is 0 Å². The molecule has 1 aliphatic heterocycles. The van der Waals surface area contributed by atoms with Gasteiger partial charge in [-0.15, -0.1) is 11.8 Å². The Bertz CT molecular complexity index is 760. The lowest BCUT2D eigenvalue weighted by molar-refractivity contribution is -0.117. The van der Waals surface area contributed by atoms with Crippen LogP contribution in [0.4, 0.5) is 11.4 Å². The second kappa shape index (κ2) is 8.76. The third kappa shape index (κ3) is 4.79. The Hall–Kier alpha value is -2.47. The van der Waals surface area contributed by atoms with Gasteiger partial charge in [0.2, 0.25) is 11.8 Å². The molecular formula is C20H22N2O3S. The van der Waals surface area contributed by atoms with Gasteiger partial charge in [0.1, 0.15) is 5.75 Å². The Morgan fingerprint density at radius 1 is 1.15 bits per heavy atom. The van der Waals surface area contributed by atoms with Crippen LogP contribution < -0.4 is 15.0 Å². The average Bonchev–Trinajstić information content (AvgIpc) is 3.09. The first-order valence-corrected chi connectivity index (χ1v) is 9.61. The van der Waals surface area contributed by atoms with Crippen LogP contribution in [0.1, 0.15) is 19.3 Å². The van der Waals surface area contributed by atoms with Crippen molar-refractivity contribution in [2.75, 3.05) is 29.6 Å². The second-order valence-electron chi connectivity index (χ2n) is 6.02. The van der Waals surface area contributed by atoms with E-state index >= 15 is 0 Å². The lowest BCUT2D eigenvalue weighted by atomic mass is 10.2. The zero-order valence-electron chi connectivity index (χ0n) is 14.7. The van der Waals surface area contributed by atoms with Crippen molar-refractivity contribution in [2.24, 2.45) is 0 Å². The third-order valence-corrected chi connectivity index (χ3v) is 5.21. The fraction of sp³-hybridized carbons (Fsp3) is 0.300. The minimum absolute atomic E-state index is 0.0176. The lowest BCUT2D eigenvalue weighted by Gasteiger charge is -2.16. The van der Waals surface area contributed by atoms with Crippen molar-refractivity contribution >= 4 is 35.0 Å². The van der Waals surface area contributed by atoms with Gasteiger partial charge in [-0.2, -0.15) is 0 Å². The molecule has 0 aromatic heterocycles. The number of nitrogens with one attached hydrogen (secondary N) is 1. The summed E-state index contributed by atoms with van der Waals surface area (Å²) in [5, 5.41) is 2.90. The first kappa shape index (κ1) is 18.3. The van der Waals surface area contributed by atoms with Gasteiger partial charge in [0.25, 0.3) is 0 Å². The summed E-state index contributed by atoms with van der Waals surface area (Å²) < 4.78 is 5.13. The van der Waals surface area contributed by atoms with E-state index in [9.17, 15) is 9.59 Å². The van der Waals surface area contributed by atoms with E-state index in [0.717, 1.165) is 35.0 Å². The predicted octanol–water partition coefficient (Wildman–Crippen LogP) is 3.94. The maximum atomic E-state index is 12.1. The van der Waals surface area contributed by atoms with Crippen molar-refractivity contribution < 1.29 is 14.3 Å². The van der Waals surface area contributed by atoms with Crippen molar-refractivity contribution in [1.29, 1.82) is 0 Å². The number of hydrogen-bond donors (Lipinski definition) is 1. The van der Waals surface area contributed by atoms with Gasteiger partial charge in [0.05, 0.1) is 7.11 Å². The highest BCUT2D eigenvalue weighted by Gasteiger charge is 2.21. The Morgan fingerprint density at radius 2 is 1.88 bits per heavy atom. The van der Waals surface area contributed by atoms with E-state index < -0.39 is 0 Å². The van der Waals surface area contributed by atoms with E-state index in [1.165, 1.54) is 0 Å². The van der Waals surface area contributed by atoms with Gasteiger partial charge in [-0.3, -0.25) is 9.59 Å².